The lowest BCUT2D eigenvalue weighted by Gasteiger charge is -2.18. The van der Waals surface area contributed by atoms with Crippen molar-refractivity contribution in [2.24, 2.45) is 5.92 Å². The molecule has 7 heteroatoms. The Bertz CT molecular complexity index is 334. The fourth-order valence-electron chi connectivity index (χ4n) is 1.53. The number of carboxylic acid groups (broad SMARTS) is 1. The minimum absolute atomic E-state index is 0.0191. The summed E-state index contributed by atoms with van der Waals surface area (Å²) in [5.74, 6) is -0.910. The summed E-state index contributed by atoms with van der Waals surface area (Å²) in [7, 11) is -1.94. The molecule has 0 radical (unpaired) electrons. The summed E-state index contributed by atoms with van der Waals surface area (Å²) in [6.45, 7) is 1.11. The molecule has 1 fully saturated rings. The Hall–Kier alpha value is -0.660. The zero-order chi connectivity index (χ0) is 12.2. The van der Waals surface area contributed by atoms with Crippen LogP contribution in [0.15, 0.2) is 0 Å². The van der Waals surface area contributed by atoms with Crippen LogP contribution in [0.2, 0.25) is 0 Å². The average molecular weight is 251 g/mol. The predicted octanol–water partition coefficient (Wildman–Crippen LogP) is -0.241. The summed E-state index contributed by atoms with van der Waals surface area (Å²) in [6.07, 6.45) is 0.586. The Kier molecular flexibility index (Phi) is 4.69. The highest BCUT2D eigenvalue weighted by Crippen LogP contribution is 2.16. The van der Waals surface area contributed by atoms with Gasteiger partial charge in [0.15, 0.2) is 0 Å². The molecular weight excluding hydrogens is 234 g/mol. The molecular formula is C9H17NO5S. The van der Waals surface area contributed by atoms with E-state index in [1.54, 1.807) is 0 Å². The minimum Gasteiger partial charge on any atom is -0.481 e. The quantitative estimate of drug-likeness (QED) is 0.704. The molecule has 0 bridgehead atoms. The summed E-state index contributed by atoms with van der Waals surface area (Å²) >= 11 is 0. The van der Waals surface area contributed by atoms with Gasteiger partial charge in [-0.1, -0.05) is 0 Å². The highest BCUT2D eigenvalue weighted by atomic mass is 32.2. The van der Waals surface area contributed by atoms with E-state index in [4.69, 9.17) is 9.84 Å². The van der Waals surface area contributed by atoms with Gasteiger partial charge in [0, 0.05) is 20.2 Å². The van der Waals surface area contributed by atoms with Gasteiger partial charge < -0.3 is 9.84 Å². The van der Waals surface area contributed by atoms with Crippen LogP contribution >= 0.6 is 0 Å². The Labute approximate surface area is 95.2 Å². The monoisotopic (exact) mass is 251 g/mol. The van der Waals surface area contributed by atoms with E-state index in [-0.39, 0.29) is 24.6 Å². The molecule has 16 heavy (non-hydrogen) atoms. The van der Waals surface area contributed by atoms with E-state index < -0.39 is 16.0 Å². The largest absolute Gasteiger partial charge is 0.481 e. The normalized spacial score (nSPS) is 21.5. The molecule has 1 saturated heterocycles. The standard InChI is InChI=1S/C9H17NO5S/c1-10(4-2-9(11)12)16(13,14)7-8-3-5-15-6-8/h8H,2-7H2,1H3,(H,11,12). The third kappa shape index (κ3) is 4.07. The van der Waals surface area contributed by atoms with Crippen molar-refractivity contribution in [3.05, 3.63) is 0 Å². The van der Waals surface area contributed by atoms with Crippen LogP contribution in [-0.2, 0) is 19.6 Å². The van der Waals surface area contributed by atoms with Gasteiger partial charge in [-0.2, -0.15) is 0 Å². The first-order chi connectivity index (χ1) is 7.42. The topological polar surface area (TPSA) is 83.9 Å². The summed E-state index contributed by atoms with van der Waals surface area (Å²) in [5.41, 5.74) is 0. The molecule has 0 spiro atoms. The number of rotatable bonds is 6. The SMILES string of the molecule is CN(CCC(=O)O)S(=O)(=O)CC1CCOC1. The maximum Gasteiger partial charge on any atom is 0.304 e. The van der Waals surface area contributed by atoms with Crippen LogP contribution in [0.4, 0.5) is 0 Å². The first-order valence-electron chi connectivity index (χ1n) is 5.15. The van der Waals surface area contributed by atoms with Crippen molar-refractivity contribution in [1.82, 2.24) is 4.31 Å². The van der Waals surface area contributed by atoms with Gasteiger partial charge in [0.1, 0.15) is 0 Å². The van der Waals surface area contributed by atoms with Crippen molar-refractivity contribution < 1.29 is 23.1 Å². The molecule has 0 aliphatic carbocycles. The third-order valence-corrected chi connectivity index (χ3v) is 4.61. The molecule has 6 nitrogen and oxygen atoms in total. The van der Waals surface area contributed by atoms with Crippen LogP contribution in [0.3, 0.4) is 0 Å². The molecule has 1 rings (SSSR count). The van der Waals surface area contributed by atoms with Crippen LogP contribution in [0.1, 0.15) is 12.8 Å². The molecule has 94 valence electrons. The number of carbonyl (C=O) groups is 1. The van der Waals surface area contributed by atoms with Crippen molar-refractivity contribution in [2.45, 2.75) is 12.8 Å². The number of hydrogen-bond acceptors (Lipinski definition) is 4. The molecule has 0 saturated carbocycles. The molecule has 1 aliphatic rings. The predicted molar refractivity (Wildman–Crippen MR) is 57.6 cm³/mol. The number of nitrogens with zero attached hydrogens (tertiary/aromatic N) is 1. The fraction of sp³-hybridized carbons (Fsp3) is 0.889. The lowest BCUT2D eigenvalue weighted by molar-refractivity contribution is -0.137. The zero-order valence-electron chi connectivity index (χ0n) is 9.26. The highest BCUT2D eigenvalue weighted by molar-refractivity contribution is 7.89. The van der Waals surface area contributed by atoms with Crippen LogP contribution in [0, 0.1) is 5.92 Å². The number of sulfonamides is 1. The van der Waals surface area contributed by atoms with Crippen molar-refractivity contribution in [3.8, 4) is 0 Å². The molecule has 1 atom stereocenters. The number of ether oxygens (including phenoxy) is 1. The Morgan fingerprint density at radius 3 is 2.75 bits per heavy atom. The summed E-state index contributed by atoms with van der Waals surface area (Å²) < 4.78 is 29.8. The average Bonchev–Trinajstić information content (AvgIpc) is 2.65. The van der Waals surface area contributed by atoms with Gasteiger partial charge in [0.05, 0.1) is 18.8 Å². The molecule has 1 heterocycles. The zero-order valence-corrected chi connectivity index (χ0v) is 10.1. The lowest BCUT2D eigenvalue weighted by Crippen LogP contribution is -2.33. The van der Waals surface area contributed by atoms with E-state index in [9.17, 15) is 13.2 Å². The van der Waals surface area contributed by atoms with Gasteiger partial charge >= 0.3 is 5.97 Å². The number of carboxylic acids is 1. The molecule has 0 amide bonds. The second kappa shape index (κ2) is 5.60. The Morgan fingerprint density at radius 1 is 1.56 bits per heavy atom. The van der Waals surface area contributed by atoms with Crippen LogP contribution in [0.25, 0.3) is 0 Å². The van der Waals surface area contributed by atoms with E-state index in [1.807, 2.05) is 0 Å². The van der Waals surface area contributed by atoms with Gasteiger partial charge in [-0.25, -0.2) is 12.7 Å². The Balaban J connectivity index is 2.45. The molecule has 1 unspecified atom stereocenters. The first-order valence-corrected chi connectivity index (χ1v) is 6.76. The summed E-state index contributed by atoms with van der Waals surface area (Å²) in [6, 6.07) is 0. The summed E-state index contributed by atoms with van der Waals surface area (Å²) in [5, 5.41) is 8.47. The number of aliphatic carboxylic acids is 1. The molecule has 1 N–H and O–H groups in total. The second-order valence-electron chi connectivity index (χ2n) is 3.97. The van der Waals surface area contributed by atoms with Crippen LogP contribution in [0.5, 0.6) is 0 Å². The highest BCUT2D eigenvalue weighted by Gasteiger charge is 2.26. The van der Waals surface area contributed by atoms with E-state index in [2.05, 4.69) is 0 Å². The van der Waals surface area contributed by atoms with E-state index >= 15 is 0 Å². The van der Waals surface area contributed by atoms with Gasteiger partial charge in [0.2, 0.25) is 10.0 Å². The van der Waals surface area contributed by atoms with Crippen molar-refractivity contribution >= 4 is 16.0 Å². The van der Waals surface area contributed by atoms with Crippen molar-refractivity contribution in [1.29, 1.82) is 0 Å². The second-order valence-corrected chi connectivity index (χ2v) is 6.09. The van der Waals surface area contributed by atoms with Crippen LogP contribution < -0.4 is 0 Å². The van der Waals surface area contributed by atoms with Crippen molar-refractivity contribution in [3.63, 3.8) is 0 Å². The molecule has 1 aliphatic heterocycles. The van der Waals surface area contributed by atoms with Gasteiger partial charge in [-0.15, -0.1) is 0 Å². The molecule has 0 aromatic carbocycles. The van der Waals surface area contributed by atoms with Crippen molar-refractivity contribution in [2.75, 3.05) is 32.6 Å². The minimum atomic E-state index is -3.35. The van der Waals surface area contributed by atoms with Gasteiger partial charge in [0.25, 0.3) is 0 Å². The Morgan fingerprint density at radius 2 is 2.25 bits per heavy atom. The van der Waals surface area contributed by atoms with E-state index in [0.29, 0.717) is 13.2 Å². The van der Waals surface area contributed by atoms with E-state index in [1.165, 1.54) is 7.05 Å². The van der Waals surface area contributed by atoms with Gasteiger partial charge in [-0.05, 0) is 12.3 Å². The lowest BCUT2D eigenvalue weighted by atomic mass is 10.2. The third-order valence-electron chi connectivity index (χ3n) is 2.59. The molecule has 0 aromatic heterocycles. The maximum atomic E-state index is 11.8. The fourth-order valence-corrected chi connectivity index (χ4v) is 3.01. The summed E-state index contributed by atoms with van der Waals surface area (Å²) in [4.78, 5) is 10.3. The van der Waals surface area contributed by atoms with E-state index in [0.717, 1.165) is 10.7 Å². The van der Waals surface area contributed by atoms with Crippen LogP contribution in [-0.4, -0.2) is 56.4 Å². The first kappa shape index (κ1) is 13.4. The maximum absolute atomic E-state index is 11.8. The smallest absolute Gasteiger partial charge is 0.304 e. The van der Waals surface area contributed by atoms with Gasteiger partial charge in [-0.3, -0.25) is 4.79 Å². The molecule has 0 aromatic rings. The number of hydrogen-bond donors (Lipinski definition) is 1.